The van der Waals surface area contributed by atoms with Crippen molar-refractivity contribution in [1.82, 2.24) is 10.2 Å². The van der Waals surface area contributed by atoms with Gasteiger partial charge in [-0.15, -0.1) is 0 Å². The first-order valence-electron chi connectivity index (χ1n) is 6.44. The number of aryl methyl sites for hydroxylation is 1. The Hall–Kier alpha value is -2.37. The second-order valence-corrected chi connectivity index (χ2v) is 4.90. The van der Waals surface area contributed by atoms with Crippen molar-refractivity contribution in [3.63, 3.8) is 0 Å². The monoisotopic (exact) mass is 275 g/mol. The minimum absolute atomic E-state index is 0.114. The highest BCUT2D eigenvalue weighted by Gasteiger charge is 2.35. The van der Waals surface area contributed by atoms with E-state index in [-0.39, 0.29) is 12.5 Å². The zero-order chi connectivity index (χ0) is 14.9. The van der Waals surface area contributed by atoms with Crippen LogP contribution in [0.1, 0.15) is 29.3 Å². The molecule has 0 bridgehead atoms. The number of nitrogens with one attached hydrogen (secondary N) is 1. The lowest BCUT2D eigenvalue weighted by Crippen LogP contribution is -2.59. The van der Waals surface area contributed by atoms with Crippen LogP contribution in [0.2, 0.25) is 0 Å². The van der Waals surface area contributed by atoms with E-state index in [9.17, 15) is 14.4 Å². The number of carbonyl (C=O) groups is 3. The molecule has 1 aliphatic rings. The SMILES string of the molecule is CCC1C(=O)NC(=O)CN1C(=O)c1cc(C)cc(N)c1. The van der Waals surface area contributed by atoms with Gasteiger partial charge in [0, 0.05) is 11.3 Å². The summed E-state index contributed by atoms with van der Waals surface area (Å²) in [6, 6.07) is 4.38. The van der Waals surface area contributed by atoms with Gasteiger partial charge in [-0.1, -0.05) is 6.92 Å². The van der Waals surface area contributed by atoms with Crippen molar-refractivity contribution in [1.29, 1.82) is 0 Å². The van der Waals surface area contributed by atoms with E-state index in [0.717, 1.165) is 5.56 Å². The molecule has 3 N–H and O–H groups in total. The van der Waals surface area contributed by atoms with E-state index in [1.807, 2.05) is 6.92 Å². The highest BCUT2D eigenvalue weighted by atomic mass is 16.2. The number of anilines is 1. The summed E-state index contributed by atoms with van der Waals surface area (Å²) >= 11 is 0. The Morgan fingerprint density at radius 3 is 2.70 bits per heavy atom. The van der Waals surface area contributed by atoms with E-state index in [0.29, 0.717) is 17.7 Å². The van der Waals surface area contributed by atoms with Crippen molar-refractivity contribution < 1.29 is 14.4 Å². The molecular weight excluding hydrogens is 258 g/mol. The summed E-state index contributed by atoms with van der Waals surface area (Å²) in [4.78, 5) is 37.0. The quantitative estimate of drug-likeness (QED) is 0.605. The zero-order valence-corrected chi connectivity index (χ0v) is 11.5. The number of benzene rings is 1. The van der Waals surface area contributed by atoms with Crippen LogP contribution in [-0.2, 0) is 9.59 Å². The van der Waals surface area contributed by atoms with Crippen LogP contribution in [-0.4, -0.2) is 35.2 Å². The Kier molecular flexibility index (Phi) is 3.74. The molecule has 0 radical (unpaired) electrons. The lowest BCUT2D eigenvalue weighted by molar-refractivity contribution is -0.138. The molecular formula is C14H17N3O3. The largest absolute Gasteiger partial charge is 0.399 e. The first kappa shape index (κ1) is 14.0. The molecule has 0 aliphatic carbocycles. The van der Waals surface area contributed by atoms with E-state index in [1.54, 1.807) is 25.1 Å². The van der Waals surface area contributed by atoms with Gasteiger partial charge in [0.2, 0.25) is 11.8 Å². The fourth-order valence-corrected chi connectivity index (χ4v) is 2.39. The summed E-state index contributed by atoms with van der Waals surface area (Å²) in [5, 5.41) is 2.24. The first-order chi connectivity index (χ1) is 9.42. The smallest absolute Gasteiger partial charge is 0.255 e. The molecule has 1 aromatic rings. The summed E-state index contributed by atoms with van der Waals surface area (Å²) in [6.07, 6.45) is 0.451. The van der Waals surface area contributed by atoms with Crippen LogP contribution >= 0.6 is 0 Å². The molecule has 0 aromatic heterocycles. The second kappa shape index (κ2) is 5.32. The fourth-order valence-electron chi connectivity index (χ4n) is 2.39. The van der Waals surface area contributed by atoms with Crippen LogP contribution in [0.25, 0.3) is 0 Å². The van der Waals surface area contributed by atoms with E-state index in [4.69, 9.17) is 5.73 Å². The van der Waals surface area contributed by atoms with Gasteiger partial charge in [-0.3, -0.25) is 19.7 Å². The van der Waals surface area contributed by atoms with Crippen LogP contribution in [0.4, 0.5) is 5.69 Å². The maximum Gasteiger partial charge on any atom is 0.255 e. The molecule has 0 saturated carbocycles. The first-order valence-corrected chi connectivity index (χ1v) is 6.44. The standard InChI is InChI=1S/C14H17N3O3/c1-3-11-13(19)16-12(18)7-17(11)14(20)9-4-8(2)5-10(15)6-9/h4-6,11H,3,7,15H2,1-2H3,(H,16,18,19). The topological polar surface area (TPSA) is 92.5 Å². The van der Waals surface area contributed by atoms with E-state index in [2.05, 4.69) is 5.32 Å². The van der Waals surface area contributed by atoms with E-state index in [1.165, 1.54) is 4.90 Å². The minimum Gasteiger partial charge on any atom is -0.399 e. The Morgan fingerprint density at radius 2 is 2.10 bits per heavy atom. The summed E-state index contributed by atoms with van der Waals surface area (Å²) in [6.45, 7) is 3.51. The third-order valence-electron chi connectivity index (χ3n) is 3.25. The lowest BCUT2D eigenvalue weighted by atomic mass is 10.1. The minimum atomic E-state index is -0.623. The summed E-state index contributed by atoms with van der Waals surface area (Å²) in [7, 11) is 0. The molecule has 1 atom stereocenters. The Labute approximate surface area is 116 Å². The number of hydrogen-bond donors (Lipinski definition) is 2. The molecule has 1 saturated heterocycles. The van der Waals surface area contributed by atoms with E-state index < -0.39 is 17.9 Å². The Balaban J connectivity index is 2.34. The number of hydrogen-bond acceptors (Lipinski definition) is 4. The molecule has 1 heterocycles. The van der Waals surface area contributed by atoms with Gasteiger partial charge in [-0.05, 0) is 37.1 Å². The van der Waals surface area contributed by atoms with Crippen LogP contribution in [0.3, 0.4) is 0 Å². The maximum absolute atomic E-state index is 12.5. The number of piperazine rings is 1. The van der Waals surface area contributed by atoms with Gasteiger partial charge < -0.3 is 10.6 Å². The Morgan fingerprint density at radius 1 is 1.40 bits per heavy atom. The van der Waals surface area contributed by atoms with Crippen molar-refractivity contribution in [2.75, 3.05) is 12.3 Å². The second-order valence-electron chi connectivity index (χ2n) is 4.90. The summed E-state index contributed by atoms with van der Waals surface area (Å²) in [5.41, 5.74) is 7.46. The molecule has 3 amide bonds. The van der Waals surface area contributed by atoms with Crippen molar-refractivity contribution in [2.45, 2.75) is 26.3 Å². The number of nitrogen functional groups attached to an aromatic ring is 1. The van der Waals surface area contributed by atoms with Gasteiger partial charge in [-0.2, -0.15) is 0 Å². The summed E-state index contributed by atoms with van der Waals surface area (Å²) in [5.74, 6) is -1.25. The number of carbonyl (C=O) groups excluding carboxylic acids is 3. The molecule has 2 rings (SSSR count). The number of imide groups is 1. The number of rotatable bonds is 2. The normalized spacial score (nSPS) is 18.9. The molecule has 0 spiro atoms. The molecule has 1 aliphatic heterocycles. The molecule has 1 aromatic carbocycles. The Bertz CT molecular complexity index is 563. The molecule has 1 fully saturated rings. The average molecular weight is 275 g/mol. The lowest BCUT2D eigenvalue weighted by Gasteiger charge is -2.33. The highest BCUT2D eigenvalue weighted by Crippen LogP contribution is 2.17. The third kappa shape index (κ3) is 2.64. The molecule has 1 unspecified atom stereocenters. The molecule has 20 heavy (non-hydrogen) atoms. The van der Waals surface area contributed by atoms with Crippen LogP contribution in [0.5, 0.6) is 0 Å². The number of nitrogens with two attached hydrogens (primary N) is 1. The molecule has 6 heteroatoms. The van der Waals surface area contributed by atoms with Crippen LogP contribution in [0.15, 0.2) is 18.2 Å². The third-order valence-corrected chi connectivity index (χ3v) is 3.25. The van der Waals surface area contributed by atoms with Gasteiger partial charge in [0.1, 0.15) is 12.6 Å². The highest BCUT2D eigenvalue weighted by molar-refractivity contribution is 6.07. The van der Waals surface area contributed by atoms with Gasteiger partial charge in [-0.25, -0.2) is 0 Å². The summed E-state index contributed by atoms with van der Waals surface area (Å²) < 4.78 is 0. The van der Waals surface area contributed by atoms with Crippen molar-refractivity contribution in [3.8, 4) is 0 Å². The molecule has 6 nitrogen and oxygen atoms in total. The van der Waals surface area contributed by atoms with Gasteiger partial charge in [0.05, 0.1) is 0 Å². The van der Waals surface area contributed by atoms with Crippen molar-refractivity contribution >= 4 is 23.4 Å². The van der Waals surface area contributed by atoms with Crippen molar-refractivity contribution in [2.24, 2.45) is 0 Å². The van der Waals surface area contributed by atoms with Crippen LogP contribution < -0.4 is 11.1 Å². The van der Waals surface area contributed by atoms with Gasteiger partial charge in [0.15, 0.2) is 0 Å². The van der Waals surface area contributed by atoms with Crippen LogP contribution in [0, 0.1) is 6.92 Å². The average Bonchev–Trinajstić information content (AvgIpc) is 2.35. The number of amides is 3. The van der Waals surface area contributed by atoms with E-state index >= 15 is 0 Å². The van der Waals surface area contributed by atoms with Gasteiger partial charge >= 0.3 is 0 Å². The maximum atomic E-state index is 12.5. The number of nitrogens with zero attached hydrogens (tertiary/aromatic N) is 1. The fraction of sp³-hybridized carbons (Fsp3) is 0.357. The predicted molar refractivity (Wildman–Crippen MR) is 73.9 cm³/mol. The van der Waals surface area contributed by atoms with Crippen molar-refractivity contribution in [3.05, 3.63) is 29.3 Å². The van der Waals surface area contributed by atoms with Gasteiger partial charge in [0.25, 0.3) is 5.91 Å². The molecule has 106 valence electrons. The predicted octanol–water partition coefficient (Wildman–Crippen LogP) is 0.454. The zero-order valence-electron chi connectivity index (χ0n) is 11.5.